The molecule has 4 nitrogen and oxygen atoms in total. The smallest absolute Gasteiger partial charge is 0.320 e. The lowest BCUT2D eigenvalue weighted by Crippen LogP contribution is -2.34. The number of aromatic nitrogens is 2. The molecule has 2 aromatic rings. The van der Waals surface area contributed by atoms with E-state index in [-0.39, 0.29) is 0 Å². The van der Waals surface area contributed by atoms with Gasteiger partial charge >= 0.3 is 6.18 Å². The molecule has 0 spiro atoms. The predicted octanol–water partition coefficient (Wildman–Crippen LogP) is 3.92. The maximum atomic E-state index is 12.7. The Morgan fingerprint density at radius 3 is 2.50 bits per heavy atom. The summed E-state index contributed by atoms with van der Waals surface area (Å²) in [6, 6.07) is 5.24. The number of rotatable bonds is 6. The summed E-state index contributed by atoms with van der Waals surface area (Å²) in [5, 5.41) is 10.3. The van der Waals surface area contributed by atoms with E-state index in [2.05, 4.69) is 20.4 Å². The first-order valence-electron chi connectivity index (χ1n) is 9.04. The molecule has 0 amide bonds. The molecule has 0 aliphatic carbocycles. The highest BCUT2D eigenvalue weighted by atomic mass is 19.4. The molecule has 1 fully saturated rings. The number of hydrogen-bond donors (Lipinski definition) is 2. The van der Waals surface area contributed by atoms with Gasteiger partial charge in [0.15, 0.2) is 0 Å². The number of halogens is 3. The summed E-state index contributed by atoms with van der Waals surface area (Å²) in [6.07, 6.45) is 1.06. The summed E-state index contributed by atoms with van der Waals surface area (Å²) in [7, 11) is 1.98. The Bertz CT molecular complexity index is 686. The summed E-state index contributed by atoms with van der Waals surface area (Å²) in [6.45, 7) is 3.92. The van der Waals surface area contributed by atoms with Gasteiger partial charge in [-0.3, -0.25) is 10.00 Å². The molecule has 2 heterocycles. The average Bonchev–Trinajstić information content (AvgIpc) is 3.08. The molecule has 1 aromatic heterocycles. The van der Waals surface area contributed by atoms with Crippen LogP contribution in [0.15, 0.2) is 30.5 Å². The van der Waals surface area contributed by atoms with Crippen molar-refractivity contribution in [3.05, 3.63) is 41.6 Å². The third kappa shape index (κ3) is 4.65. The molecule has 1 aromatic carbocycles. The number of aromatic amines is 1. The number of alkyl halides is 3. The molecule has 3 rings (SSSR count). The SMILES string of the molecule is CNCCC1CCN(Cc2cn[nH]c2-c2ccc(C(F)(F)F)cc2)CC1. The number of nitrogens with one attached hydrogen (secondary N) is 2. The van der Waals surface area contributed by atoms with Gasteiger partial charge in [-0.2, -0.15) is 18.3 Å². The molecule has 2 N–H and O–H groups in total. The summed E-state index contributed by atoms with van der Waals surface area (Å²) < 4.78 is 38.2. The van der Waals surface area contributed by atoms with Crippen molar-refractivity contribution in [1.82, 2.24) is 20.4 Å². The number of hydrogen-bond acceptors (Lipinski definition) is 3. The fourth-order valence-electron chi connectivity index (χ4n) is 3.53. The van der Waals surface area contributed by atoms with Gasteiger partial charge in [0.1, 0.15) is 0 Å². The molecule has 1 saturated heterocycles. The molecule has 0 bridgehead atoms. The first-order chi connectivity index (χ1) is 12.5. The van der Waals surface area contributed by atoms with Crippen LogP contribution >= 0.6 is 0 Å². The highest BCUT2D eigenvalue weighted by molar-refractivity contribution is 5.63. The largest absolute Gasteiger partial charge is 0.416 e. The van der Waals surface area contributed by atoms with Crippen molar-refractivity contribution < 1.29 is 13.2 Å². The molecular weight excluding hydrogens is 341 g/mol. The Hall–Kier alpha value is -1.86. The first kappa shape index (κ1) is 18.9. The van der Waals surface area contributed by atoms with Crippen molar-refractivity contribution in [3.8, 4) is 11.3 Å². The van der Waals surface area contributed by atoms with E-state index in [1.165, 1.54) is 31.4 Å². The van der Waals surface area contributed by atoms with Gasteiger partial charge in [0, 0.05) is 12.1 Å². The van der Waals surface area contributed by atoms with Crippen molar-refractivity contribution in [2.75, 3.05) is 26.7 Å². The Labute approximate surface area is 151 Å². The van der Waals surface area contributed by atoms with Crippen LogP contribution in [-0.4, -0.2) is 41.8 Å². The van der Waals surface area contributed by atoms with Crippen molar-refractivity contribution in [3.63, 3.8) is 0 Å². The molecule has 26 heavy (non-hydrogen) atoms. The lowest BCUT2D eigenvalue weighted by molar-refractivity contribution is -0.137. The normalized spacial score (nSPS) is 16.9. The molecule has 0 saturated carbocycles. The Kier molecular flexibility index (Phi) is 5.98. The van der Waals surface area contributed by atoms with Crippen LogP contribution in [0.2, 0.25) is 0 Å². The van der Waals surface area contributed by atoms with E-state index in [4.69, 9.17) is 0 Å². The highest BCUT2D eigenvalue weighted by Gasteiger charge is 2.30. The first-order valence-corrected chi connectivity index (χ1v) is 9.04. The monoisotopic (exact) mass is 366 g/mol. The zero-order chi connectivity index (χ0) is 18.6. The summed E-state index contributed by atoms with van der Waals surface area (Å²) in [5.41, 5.74) is 1.93. The lowest BCUT2D eigenvalue weighted by Gasteiger charge is -2.31. The molecule has 142 valence electrons. The molecular formula is C19H25F3N4. The van der Waals surface area contributed by atoms with E-state index >= 15 is 0 Å². The summed E-state index contributed by atoms with van der Waals surface area (Å²) >= 11 is 0. The second kappa shape index (κ2) is 8.22. The Morgan fingerprint density at radius 2 is 1.88 bits per heavy atom. The second-order valence-electron chi connectivity index (χ2n) is 6.96. The van der Waals surface area contributed by atoms with Crippen LogP contribution in [-0.2, 0) is 12.7 Å². The van der Waals surface area contributed by atoms with Crippen molar-refractivity contribution in [2.24, 2.45) is 5.92 Å². The van der Waals surface area contributed by atoms with Gasteiger partial charge in [-0.25, -0.2) is 0 Å². The van der Waals surface area contributed by atoms with E-state index in [9.17, 15) is 13.2 Å². The summed E-state index contributed by atoms with van der Waals surface area (Å²) in [4.78, 5) is 2.40. The van der Waals surface area contributed by atoms with E-state index in [0.29, 0.717) is 0 Å². The fourth-order valence-corrected chi connectivity index (χ4v) is 3.53. The number of piperidine rings is 1. The Balaban J connectivity index is 1.63. The minimum atomic E-state index is -4.31. The van der Waals surface area contributed by atoms with Crippen molar-refractivity contribution >= 4 is 0 Å². The topological polar surface area (TPSA) is 44.0 Å². The molecule has 1 aliphatic rings. The molecule has 7 heteroatoms. The van der Waals surface area contributed by atoms with Gasteiger partial charge in [-0.05, 0) is 69.6 Å². The van der Waals surface area contributed by atoms with E-state index < -0.39 is 11.7 Å². The van der Waals surface area contributed by atoms with Crippen molar-refractivity contribution in [1.29, 1.82) is 0 Å². The van der Waals surface area contributed by atoms with Crippen LogP contribution in [0.25, 0.3) is 11.3 Å². The maximum Gasteiger partial charge on any atom is 0.416 e. The lowest BCUT2D eigenvalue weighted by atomic mass is 9.93. The van der Waals surface area contributed by atoms with E-state index in [0.717, 1.165) is 61.1 Å². The third-order valence-corrected chi connectivity index (χ3v) is 5.12. The minimum absolute atomic E-state index is 0.633. The van der Waals surface area contributed by atoms with Crippen LogP contribution in [0.3, 0.4) is 0 Å². The van der Waals surface area contributed by atoms with Gasteiger partial charge in [-0.15, -0.1) is 0 Å². The summed E-state index contributed by atoms with van der Waals surface area (Å²) in [5.74, 6) is 0.775. The molecule has 0 unspecified atom stereocenters. The Morgan fingerprint density at radius 1 is 1.19 bits per heavy atom. The number of likely N-dealkylation sites (tertiary alicyclic amines) is 1. The molecule has 0 atom stereocenters. The van der Waals surface area contributed by atoms with Gasteiger partial charge in [0.2, 0.25) is 0 Å². The van der Waals surface area contributed by atoms with Crippen molar-refractivity contribution in [2.45, 2.75) is 32.0 Å². The van der Waals surface area contributed by atoms with Crippen LogP contribution in [0.5, 0.6) is 0 Å². The number of nitrogens with zero attached hydrogens (tertiary/aromatic N) is 2. The highest BCUT2D eigenvalue weighted by Crippen LogP contribution is 2.31. The second-order valence-corrected chi connectivity index (χ2v) is 6.96. The minimum Gasteiger partial charge on any atom is -0.320 e. The van der Waals surface area contributed by atoms with E-state index in [1.54, 1.807) is 6.20 Å². The fraction of sp³-hybridized carbons (Fsp3) is 0.526. The number of benzene rings is 1. The van der Waals surface area contributed by atoms with E-state index in [1.807, 2.05) is 7.05 Å². The van der Waals surface area contributed by atoms with Gasteiger partial charge in [0.25, 0.3) is 0 Å². The third-order valence-electron chi connectivity index (χ3n) is 5.12. The van der Waals surface area contributed by atoms with Gasteiger partial charge in [-0.1, -0.05) is 12.1 Å². The van der Waals surface area contributed by atoms with Crippen LogP contribution < -0.4 is 5.32 Å². The van der Waals surface area contributed by atoms with Crippen LogP contribution in [0.1, 0.15) is 30.4 Å². The standard InChI is InChI=1S/C19H25F3N4/c1-23-9-6-14-7-10-26(11-8-14)13-16-12-24-25-18(16)15-2-4-17(5-3-15)19(20,21)22/h2-5,12,14,23H,6-11,13H2,1H3,(H,24,25). The van der Waals surface area contributed by atoms with Crippen LogP contribution in [0, 0.1) is 5.92 Å². The predicted molar refractivity (Wildman–Crippen MR) is 95.6 cm³/mol. The van der Waals surface area contributed by atoms with Gasteiger partial charge in [0.05, 0.1) is 17.5 Å². The maximum absolute atomic E-state index is 12.7. The quantitative estimate of drug-likeness (QED) is 0.815. The number of H-pyrrole nitrogens is 1. The van der Waals surface area contributed by atoms with Gasteiger partial charge < -0.3 is 5.32 Å². The zero-order valence-corrected chi connectivity index (χ0v) is 14.9. The average molecular weight is 366 g/mol. The van der Waals surface area contributed by atoms with Crippen LogP contribution in [0.4, 0.5) is 13.2 Å². The molecule has 0 radical (unpaired) electrons. The molecule has 1 aliphatic heterocycles. The zero-order valence-electron chi connectivity index (χ0n) is 14.9.